The van der Waals surface area contributed by atoms with Crippen LogP contribution in [0.2, 0.25) is 0 Å². The first-order valence-electron chi connectivity index (χ1n) is 8.76. The van der Waals surface area contributed by atoms with Crippen LogP contribution in [0.4, 0.5) is 0 Å². The minimum absolute atomic E-state index is 0. The Morgan fingerprint density at radius 3 is 2.64 bits per heavy atom. The maximum absolute atomic E-state index is 5.49. The molecule has 2 heterocycles. The second-order valence-electron chi connectivity index (χ2n) is 6.60. The first kappa shape index (κ1) is 22.6. The van der Waals surface area contributed by atoms with E-state index < -0.39 is 0 Å². The molecule has 1 aromatic rings. The molecule has 0 aromatic carbocycles. The molecule has 144 valence electrons. The molecule has 6 nitrogen and oxygen atoms in total. The zero-order valence-corrected chi connectivity index (χ0v) is 18.9. The largest absolute Gasteiger partial charge is 0.379 e. The number of ether oxygens (including phenoxy) is 1. The fourth-order valence-corrected chi connectivity index (χ4v) is 3.65. The summed E-state index contributed by atoms with van der Waals surface area (Å²) in [7, 11) is 1.81. The molecule has 0 bridgehead atoms. The van der Waals surface area contributed by atoms with Gasteiger partial charge in [-0.05, 0) is 19.3 Å². The lowest BCUT2D eigenvalue weighted by Crippen LogP contribution is -2.50. The van der Waals surface area contributed by atoms with E-state index in [9.17, 15) is 0 Å². The molecule has 0 radical (unpaired) electrons. The molecule has 0 amide bonds. The van der Waals surface area contributed by atoms with Crippen LogP contribution in [0.3, 0.4) is 0 Å². The van der Waals surface area contributed by atoms with Crippen molar-refractivity contribution >= 4 is 41.3 Å². The molecule has 8 heteroatoms. The summed E-state index contributed by atoms with van der Waals surface area (Å²) >= 11 is 1.72. The Labute approximate surface area is 172 Å². The number of aryl methyl sites for hydroxylation is 1. The third-order valence-corrected chi connectivity index (χ3v) is 5.02. The fourth-order valence-electron chi connectivity index (χ4n) is 2.93. The summed E-state index contributed by atoms with van der Waals surface area (Å²) < 4.78 is 5.49. The number of halogens is 1. The predicted molar refractivity (Wildman–Crippen MR) is 116 cm³/mol. The molecule has 2 rings (SSSR count). The van der Waals surface area contributed by atoms with Crippen molar-refractivity contribution in [2.45, 2.75) is 39.8 Å². The van der Waals surface area contributed by atoms with Gasteiger partial charge in [-0.1, -0.05) is 13.8 Å². The molecule has 1 saturated heterocycles. The van der Waals surface area contributed by atoms with Crippen molar-refractivity contribution in [3.63, 3.8) is 0 Å². The van der Waals surface area contributed by atoms with Crippen LogP contribution in [-0.2, 0) is 11.3 Å². The Kier molecular flexibility index (Phi) is 10.9. The lowest BCUT2D eigenvalue weighted by molar-refractivity contribution is 0.0132. The maximum Gasteiger partial charge on any atom is 0.191 e. The number of guanidine groups is 1. The molecule has 0 spiro atoms. The fraction of sp³-hybridized carbons (Fsp3) is 0.765. The van der Waals surface area contributed by atoms with Crippen LogP contribution in [0.5, 0.6) is 0 Å². The number of nitrogens with one attached hydrogen (secondary N) is 2. The van der Waals surface area contributed by atoms with Crippen LogP contribution in [-0.4, -0.2) is 61.8 Å². The Balaban J connectivity index is 0.00000312. The Hall–Kier alpha value is -0.450. The first-order chi connectivity index (χ1) is 11.6. The monoisotopic (exact) mass is 481 g/mol. The van der Waals surface area contributed by atoms with Gasteiger partial charge in [0.05, 0.1) is 19.8 Å². The lowest BCUT2D eigenvalue weighted by Gasteiger charge is -2.35. The van der Waals surface area contributed by atoms with E-state index in [0.717, 1.165) is 43.8 Å². The van der Waals surface area contributed by atoms with E-state index in [2.05, 4.69) is 46.3 Å². The number of nitrogens with zero attached hydrogens (tertiary/aromatic N) is 3. The van der Waals surface area contributed by atoms with Crippen LogP contribution >= 0.6 is 35.3 Å². The molecule has 2 N–H and O–H groups in total. The topological polar surface area (TPSA) is 61.8 Å². The van der Waals surface area contributed by atoms with E-state index >= 15 is 0 Å². The van der Waals surface area contributed by atoms with Crippen LogP contribution in [0, 0.1) is 12.8 Å². The zero-order chi connectivity index (χ0) is 17.4. The third kappa shape index (κ3) is 8.19. The molecular formula is C17H32IN5OS. The molecule has 1 fully saturated rings. The number of thiazole rings is 1. The summed E-state index contributed by atoms with van der Waals surface area (Å²) in [5.74, 6) is 1.51. The summed E-state index contributed by atoms with van der Waals surface area (Å²) in [4.78, 5) is 12.5. The van der Waals surface area contributed by atoms with E-state index in [-0.39, 0.29) is 24.0 Å². The van der Waals surface area contributed by atoms with Gasteiger partial charge in [-0.15, -0.1) is 35.3 Å². The molecule has 1 aliphatic rings. The van der Waals surface area contributed by atoms with Crippen LogP contribution < -0.4 is 10.6 Å². The van der Waals surface area contributed by atoms with Crippen molar-refractivity contribution in [2.75, 3.05) is 39.9 Å². The van der Waals surface area contributed by atoms with Gasteiger partial charge in [0.25, 0.3) is 0 Å². The Morgan fingerprint density at radius 2 is 2.08 bits per heavy atom. The standard InChI is InChI=1S/C17H31N5OS.HI/c1-13(2)9-15(22-5-7-23-8-6-22)11-20-17(18-4)21-12-16-19-10-14(3)24-16;/h10,13,15H,5-9,11-12H2,1-4H3,(H2,18,20,21);1H. The zero-order valence-electron chi connectivity index (χ0n) is 15.7. The summed E-state index contributed by atoms with van der Waals surface area (Å²) in [6.07, 6.45) is 3.09. The lowest BCUT2D eigenvalue weighted by atomic mass is 10.0. The van der Waals surface area contributed by atoms with Gasteiger partial charge in [0, 0.05) is 43.8 Å². The minimum atomic E-state index is 0. The van der Waals surface area contributed by atoms with E-state index in [0.29, 0.717) is 18.5 Å². The maximum atomic E-state index is 5.49. The summed E-state index contributed by atoms with van der Waals surface area (Å²) in [5, 5.41) is 7.92. The van der Waals surface area contributed by atoms with Crippen molar-refractivity contribution in [3.8, 4) is 0 Å². The highest BCUT2D eigenvalue weighted by Gasteiger charge is 2.22. The normalized spacial score (nSPS) is 17.2. The highest BCUT2D eigenvalue weighted by atomic mass is 127. The molecular weight excluding hydrogens is 449 g/mol. The van der Waals surface area contributed by atoms with Gasteiger partial charge in [0.15, 0.2) is 5.96 Å². The van der Waals surface area contributed by atoms with Crippen LogP contribution in [0.1, 0.15) is 30.2 Å². The number of aliphatic imine (C=N–C) groups is 1. The molecule has 0 aliphatic carbocycles. The average molecular weight is 481 g/mol. The number of hydrogen-bond acceptors (Lipinski definition) is 5. The number of rotatable bonds is 7. The molecule has 1 unspecified atom stereocenters. The molecule has 25 heavy (non-hydrogen) atoms. The van der Waals surface area contributed by atoms with E-state index in [1.54, 1.807) is 11.3 Å². The van der Waals surface area contributed by atoms with E-state index in [4.69, 9.17) is 4.74 Å². The number of hydrogen-bond donors (Lipinski definition) is 2. The third-order valence-electron chi connectivity index (χ3n) is 4.11. The number of morpholine rings is 1. The van der Waals surface area contributed by atoms with Gasteiger partial charge in [-0.3, -0.25) is 9.89 Å². The van der Waals surface area contributed by atoms with Gasteiger partial charge >= 0.3 is 0 Å². The van der Waals surface area contributed by atoms with Crippen molar-refractivity contribution in [1.29, 1.82) is 0 Å². The molecule has 1 aliphatic heterocycles. The first-order valence-corrected chi connectivity index (χ1v) is 9.57. The van der Waals surface area contributed by atoms with Gasteiger partial charge in [-0.2, -0.15) is 0 Å². The van der Waals surface area contributed by atoms with Gasteiger partial charge in [0.2, 0.25) is 0 Å². The van der Waals surface area contributed by atoms with Gasteiger partial charge < -0.3 is 15.4 Å². The smallest absolute Gasteiger partial charge is 0.191 e. The summed E-state index contributed by atoms with van der Waals surface area (Å²) in [5.41, 5.74) is 0. The molecule has 1 atom stereocenters. The van der Waals surface area contributed by atoms with Crippen LogP contribution in [0.25, 0.3) is 0 Å². The summed E-state index contributed by atoms with van der Waals surface area (Å²) in [6, 6.07) is 0.509. The SMILES string of the molecule is CN=C(NCc1ncc(C)s1)NCC(CC(C)C)N1CCOCC1.I. The van der Waals surface area contributed by atoms with Gasteiger partial charge in [0.1, 0.15) is 5.01 Å². The second-order valence-corrected chi connectivity index (χ2v) is 7.92. The van der Waals surface area contributed by atoms with Gasteiger partial charge in [-0.25, -0.2) is 4.98 Å². The van der Waals surface area contributed by atoms with E-state index in [1.165, 1.54) is 11.3 Å². The predicted octanol–water partition coefficient (Wildman–Crippen LogP) is 2.48. The minimum Gasteiger partial charge on any atom is -0.379 e. The van der Waals surface area contributed by atoms with Crippen molar-refractivity contribution in [2.24, 2.45) is 10.9 Å². The second kappa shape index (κ2) is 12.0. The highest BCUT2D eigenvalue weighted by Crippen LogP contribution is 2.13. The van der Waals surface area contributed by atoms with Crippen LogP contribution in [0.15, 0.2) is 11.2 Å². The van der Waals surface area contributed by atoms with Crippen molar-refractivity contribution in [1.82, 2.24) is 20.5 Å². The summed E-state index contributed by atoms with van der Waals surface area (Å²) in [6.45, 7) is 12.0. The molecule has 0 saturated carbocycles. The highest BCUT2D eigenvalue weighted by molar-refractivity contribution is 14.0. The Bertz CT molecular complexity index is 517. The Morgan fingerprint density at radius 1 is 1.36 bits per heavy atom. The number of aromatic nitrogens is 1. The quantitative estimate of drug-likeness (QED) is 0.356. The average Bonchev–Trinajstić information content (AvgIpc) is 2.99. The van der Waals surface area contributed by atoms with Crippen molar-refractivity contribution in [3.05, 3.63) is 16.1 Å². The van der Waals surface area contributed by atoms with E-state index in [1.807, 2.05) is 13.2 Å². The van der Waals surface area contributed by atoms with Crippen molar-refractivity contribution < 1.29 is 4.74 Å². The molecule has 1 aromatic heterocycles.